The predicted octanol–water partition coefficient (Wildman–Crippen LogP) is 3.39. The van der Waals surface area contributed by atoms with Crippen molar-refractivity contribution in [2.24, 2.45) is 0 Å². The maximum absolute atomic E-state index is 12.8. The van der Waals surface area contributed by atoms with E-state index in [2.05, 4.69) is 10.6 Å². The average Bonchev–Trinajstić information content (AvgIpc) is 2.62. The standard InChI is InChI=1S/C20H29N3O3/c1-20(2)14-26-13-12-23(20)18(24)15-8-10-17(11-9-15)22-19(25)21-16-6-4-3-5-7-16/h8-11,16H,3-7,12-14H2,1-2H3,(H2,21,22,25). The predicted molar refractivity (Wildman–Crippen MR) is 101 cm³/mol. The van der Waals surface area contributed by atoms with Gasteiger partial charge in [-0.15, -0.1) is 0 Å². The van der Waals surface area contributed by atoms with E-state index < -0.39 is 0 Å². The van der Waals surface area contributed by atoms with Crippen LogP contribution in [-0.2, 0) is 4.74 Å². The first kappa shape index (κ1) is 18.7. The topological polar surface area (TPSA) is 70.7 Å². The van der Waals surface area contributed by atoms with Gasteiger partial charge in [0.25, 0.3) is 5.91 Å². The molecule has 2 N–H and O–H groups in total. The Labute approximate surface area is 155 Å². The van der Waals surface area contributed by atoms with Crippen LogP contribution in [0.2, 0.25) is 0 Å². The first-order valence-corrected chi connectivity index (χ1v) is 9.53. The fourth-order valence-corrected chi connectivity index (χ4v) is 3.69. The molecule has 1 saturated heterocycles. The molecule has 2 aliphatic rings. The van der Waals surface area contributed by atoms with E-state index in [0.29, 0.717) is 31.0 Å². The van der Waals surface area contributed by atoms with E-state index in [1.807, 2.05) is 18.7 Å². The van der Waals surface area contributed by atoms with Gasteiger partial charge in [-0.2, -0.15) is 0 Å². The van der Waals surface area contributed by atoms with Gasteiger partial charge in [0.1, 0.15) is 0 Å². The lowest BCUT2D eigenvalue weighted by Gasteiger charge is -2.42. The third-order valence-electron chi connectivity index (χ3n) is 5.22. The minimum Gasteiger partial charge on any atom is -0.377 e. The highest BCUT2D eigenvalue weighted by atomic mass is 16.5. The van der Waals surface area contributed by atoms with Crippen LogP contribution in [0.3, 0.4) is 0 Å². The van der Waals surface area contributed by atoms with Gasteiger partial charge in [-0.3, -0.25) is 4.79 Å². The van der Waals surface area contributed by atoms with Crippen LogP contribution < -0.4 is 10.6 Å². The zero-order valence-electron chi connectivity index (χ0n) is 15.7. The molecule has 6 nitrogen and oxygen atoms in total. The zero-order chi connectivity index (χ0) is 18.6. The molecule has 0 unspecified atom stereocenters. The second kappa shape index (κ2) is 8.08. The van der Waals surface area contributed by atoms with Crippen LogP contribution in [0.1, 0.15) is 56.3 Å². The van der Waals surface area contributed by atoms with E-state index in [4.69, 9.17) is 4.74 Å². The lowest BCUT2D eigenvalue weighted by atomic mass is 9.96. The highest BCUT2D eigenvalue weighted by molar-refractivity contribution is 5.96. The Morgan fingerprint density at radius 1 is 1.12 bits per heavy atom. The summed E-state index contributed by atoms with van der Waals surface area (Å²) in [6.45, 7) is 5.72. The maximum atomic E-state index is 12.8. The lowest BCUT2D eigenvalue weighted by Crippen LogP contribution is -2.55. The lowest BCUT2D eigenvalue weighted by molar-refractivity contribution is -0.0370. The number of carbonyl (C=O) groups excluding carboxylic acids is 2. The summed E-state index contributed by atoms with van der Waals surface area (Å²) in [5.41, 5.74) is 1.00. The molecular formula is C20H29N3O3. The smallest absolute Gasteiger partial charge is 0.319 e. The van der Waals surface area contributed by atoms with Crippen molar-refractivity contribution in [3.8, 4) is 0 Å². The molecule has 0 atom stereocenters. The largest absolute Gasteiger partial charge is 0.377 e. The zero-order valence-corrected chi connectivity index (χ0v) is 15.7. The Bertz CT molecular complexity index is 636. The van der Waals surface area contributed by atoms with E-state index in [-0.39, 0.29) is 23.5 Å². The van der Waals surface area contributed by atoms with Gasteiger partial charge >= 0.3 is 6.03 Å². The molecule has 142 valence electrons. The van der Waals surface area contributed by atoms with Gasteiger partial charge < -0.3 is 20.3 Å². The van der Waals surface area contributed by atoms with Crippen LogP contribution in [0.25, 0.3) is 0 Å². The minimum absolute atomic E-state index is 0.00323. The van der Waals surface area contributed by atoms with Crippen molar-refractivity contribution in [2.45, 2.75) is 57.5 Å². The van der Waals surface area contributed by atoms with Crippen LogP contribution in [0.4, 0.5) is 10.5 Å². The number of anilines is 1. The van der Waals surface area contributed by atoms with E-state index in [1.165, 1.54) is 19.3 Å². The van der Waals surface area contributed by atoms with Crippen LogP contribution in [-0.4, -0.2) is 48.2 Å². The number of nitrogens with one attached hydrogen (secondary N) is 2. The Kier molecular flexibility index (Phi) is 5.81. The summed E-state index contributed by atoms with van der Waals surface area (Å²) in [6.07, 6.45) is 5.72. The second-order valence-electron chi connectivity index (χ2n) is 7.83. The molecule has 1 aromatic rings. The Hall–Kier alpha value is -2.08. The van der Waals surface area contributed by atoms with Gasteiger partial charge in [-0.1, -0.05) is 19.3 Å². The Morgan fingerprint density at radius 2 is 1.81 bits per heavy atom. The number of hydrogen-bond acceptors (Lipinski definition) is 3. The summed E-state index contributed by atoms with van der Waals surface area (Å²) in [5, 5.41) is 5.88. The summed E-state index contributed by atoms with van der Waals surface area (Å²) in [6, 6.07) is 7.19. The van der Waals surface area contributed by atoms with Crippen molar-refractivity contribution in [1.82, 2.24) is 10.2 Å². The molecule has 26 heavy (non-hydrogen) atoms. The number of hydrogen-bond donors (Lipinski definition) is 2. The molecule has 0 spiro atoms. The van der Waals surface area contributed by atoms with Gasteiger partial charge in [0.05, 0.1) is 18.8 Å². The molecule has 1 heterocycles. The van der Waals surface area contributed by atoms with E-state index in [9.17, 15) is 9.59 Å². The molecule has 3 amide bonds. The maximum Gasteiger partial charge on any atom is 0.319 e. The average molecular weight is 359 g/mol. The van der Waals surface area contributed by atoms with E-state index >= 15 is 0 Å². The fourth-order valence-electron chi connectivity index (χ4n) is 3.69. The highest BCUT2D eigenvalue weighted by Crippen LogP contribution is 2.22. The first-order chi connectivity index (χ1) is 12.5. The minimum atomic E-state index is -0.313. The third kappa shape index (κ3) is 4.55. The van der Waals surface area contributed by atoms with Crippen molar-refractivity contribution in [2.75, 3.05) is 25.1 Å². The van der Waals surface area contributed by atoms with Crippen molar-refractivity contribution in [3.63, 3.8) is 0 Å². The number of rotatable bonds is 3. The molecule has 3 rings (SSSR count). The van der Waals surface area contributed by atoms with E-state index in [1.54, 1.807) is 24.3 Å². The van der Waals surface area contributed by atoms with Crippen molar-refractivity contribution >= 4 is 17.6 Å². The molecule has 1 aromatic carbocycles. The number of carbonyl (C=O) groups is 2. The summed E-state index contributed by atoms with van der Waals surface area (Å²) in [7, 11) is 0. The Morgan fingerprint density at radius 3 is 2.46 bits per heavy atom. The molecule has 2 fully saturated rings. The molecule has 1 aliphatic heterocycles. The van der Waals surface area contributed by atoms with Gasteiger partial charge in [0.2, 0.25) is 0 Å². The molecule has 1 saturated carbocycles. The number of nitrogens with zero attached hydrogens (tertiary/aromatic N) is 1. The summed E-state index contributed by atoms with van der Waals surface area (Å²) < 4.78 is 5.48. The monoisotopic (exact) mass is 359 g/mol. The fraction of sp³-hybridized carbons (Fsp3) is 0.600. The molecule has 0 bridgehead atoms. The molecule has 1 aliphatic carbocycles. The Balaban J connectivity index is 1.57. The van der Waals surface area contributed by atoms with Gasteiger partial charge in [-0.05, 0) is 51.0 Å². The van der Waals surface area contributed by atoms with Crippen LogP contribution in [0.15, 0.2) is 24.3 Å². The number of ether oxygens (including phenoxy) is 1. The van der Waals surface area contributed by atoms with Crippen LogP contribution in [0.5, 0.6) is 0 Å². The van der Waals surface area contributed by atoms with Crippen molar-refractivity contribution in [1.29, 1.82) is 0 Å². The second-order valence-corrected chi connectivity index (χ2v) is 7.83. The molecule has 0 radical (unpaired) electrons. The van der Waals surface area contributed by atoms with Gasteiger partial charge in [0, 0.05) is 23.8 Å². The van der Waals surface area contributed by atoms with Crippen molar-refractivity contribution in [3.05, 3.63) is 29.8 Å². The number of amides is 3. The van der Waals surface area contributed by atoms with Gasteiger partial charge in [0.15, 0.2) is 0 Å². The summed E-state index contributed by atoms with van der Waals surface area (Å²) in [4.78, 5) is 26.8. The highest BCUT2D eigenvalue weighted by Gasteiger charge is 2.34. The molecule has 0 aromatic heterocycles. The number of morpholine rings is 1. The van der Waals surface area contributed by atoms with Crippen LogP contribution in [0, 0.1) is 0 Å². The normalized spacial score (nSPS) is 20.5. The van der Waals surface area contributed by atoms with Crippen molar-refractivity contribution < 1.29 is 14.3 Å². The number of urea groups is 1. The summed E-state index contributed by atoms with van der Waals surface area (Å²) in [5.74, 6) is -0.00323. The van der Waals surface area contributed by atoms with Crippen LogP contribution >= 0.6 is 0 Å². The van der Waals surface area contributed by atoms with E-state index in [0.717, 1.165) is 12.8 Å². The first-order valence-electron chi connectivity index (χ1n) is 9.53. The third-order valence-corrected chi connectivity index (χ3v) is 5.22. The molecular weight excluding hydrogens is 330 g/mol. The SMILES string of the molecule is CC1(C)COCCN1C(=O)c1ccc(NC(=O)NC2CCCCC2)cc1. The quantitative estimate of drug-likeness (QED) is 0.869. The molecule has 6 heteroatoms. The summed E-state index contributed by atoms with van der Waals surface area (Å²) >= 11 is 0. The number of benzene rings is 1. The van der Waals surface area contributed by atoms with Gasteiger partial charge in [-0.25, -0.2) is 4.79 Å².